The summed E-state index contributed by atoms with van der Waals surface area (Å²) in [4.78, 5) is 0. The number of benzene rings is 1. The Morgan fingerprint density at radius 3 is 3.21 bits per heavy atom. The predicted molar refractivity (Wildman–Crippen MR) is 69.9 cm³/mol. The van der Waals surface area contributed by atoms with Gasteiger partial charge in [-0.1, -0.05) is 25.1 Å². The highest BCUT2D eigenvalue weighted by Gasteiger charge is 2.28. The number of fused-ring (bicyclic) bond motifs is 1. The summed E-state index contributed by atoms with van der Waals surface area (Å²) in [6, 6.07) is 8.11. The van der Waals surface area contributed by atoms with Crippen molar-refractivity contribution in [3.8, 4) is 5.75 Å². The van der Waals surface area contributed by atoms with Crippen molar-refractivity contribution in [3.63, 3.8) is 0 Å². The van der Waals surface area contributed by atoms with Gasteiger partial charge in [0.2, 0.25) is 0 Å². The number of hydrogen-bond donors (Lipinski definition) is 1. The molecule has 1 unspecified atom stereocenters. The van der Waals surface area contributed by atoms with Crippen molar-refractivity contribution in [2.75, 3.05) is 13.2 Å². The molecule has 0 saturated carbocycles. The fraction of sp³-hybridized carbons (Fsp3) is 0.462. The summed E-state index contributed by atoms with van der Waals surface area (Å²) in [5.74, 6) is 1.77. The van der Waals surface area contributed by atoms with Gasteiger partial charge < -0.3 is 10.1 Å². The van der Waals surface area contributed by atoms with Gasteiger partial charge >= 0.3 is 0 Å². The fourth-order valence-corrected chi connectivity index (χ4v) is 2.30. The van der Waals surface area contributed by atoms with Crippen LogP contribution >= 0.6 is 0 Å². The lowest BCUT2D eigenvalue weighted by Crippen LogP contribution is -2.22. The molecule has 1 aromatic carbocycles. The monoisotopic (exact) mass is 259 g/mol. The van der Waals surface area contributed by atoms with E-state index in [1.54, 1.807) is 0 Å². The Hall–Kier alpha value is -1.95. The summed E-state index contributed by atoms with van der Waals surface area (Å²) < 4.78 is 7.53. The van der Waals surface area contributed by atoms with E-state index in [0.29, 0.717) is 13.2 Å². The molecule has 0 aliphatic carbocycles. The van der Waals surface area contributed by atoms with Crippen LogP contribution in [-0.4, -0.2) is 33.4 Å². The van der Waals surface area contributed by atoms with Crippen LogP contribution in [0, 0.1) is 0 Å². The molecular weight excluding hydrogens is 242 g/mol. The van der Waals surface area contributed by atoms with Gasteiger partial charge in [-0.15, -0.1) is 5.10 Å². The van der Waals surface area contributed by atoms with Gasteiger partial charge in [-0.05, 0) is 29.5 Å². The van der Waals surface area contributed by atoms with Crippen molar-refractivity contribution in [1.82, 2.24) is 25.5 Å². The number of tetrazole rings is 1. The molecule has 3 rings (SSSR count). The first-order chi connectivity index (χ1) is 9.40. The number of nitrogens with zero attached hydrogens (tertiary/aromatic N) is 4. The van der Waals surface area contributed by atoms with Crippen molar-refractivity contribution in [1.29, 1.82) is 0 Å². The SMILES string of the molecule is CCCNCc1nnnn1C1COc2ccccc21. The van der Waals surface area contributed by atoms with E-state index in [-0.39, 0.29) is 6.04 Å². The molecule has 2 heterocycles. The molecule has 0 amide bonds. The van der Waals surface area contributed by atoms with Crippen LogP contribution in [-0.2, 0) is 6.54 Å². The Kier molecular flexibility index (Phi) is 3.41. The summed E-state index contributed by atoms with van der Waals surface area (Å²) in [6.07, 6.45) is 1.09. The van der Waals surface area contributed by atoms with Gasteiger partial charge in [0.15, 0.2) is 5.82 Å². The molecule has 6 heteroatoms. The quantitative estimate of drug-likeness (QED) is 0.816. The van der Waals surface area contributed by atoms with Crippen LogP contribution in [0.1, 0.15) is 30.8 Å². The van der Waals surface area contributed by atoms with Gasteiger partial charge in [0.05, 0.1) is 6.54 Å². The maximum Gasteiger partial charge on any atom is 0.165 e. The Morgan fingerprint density at radius 2 is 2.32 bits per heavy atom. The van der Waals surface area contributed by atoms with E-state index in [9.17, 15) is 0 Å². The first-order valence-corrected chi connectivity index (χ1v) is 6.59. The highest BCUT2D eigenvalue weighted by atomic mass is 16.5. The number of aromatic nitrogens is 4. The van der Waals surface area contributed by atoms with E-state index in [1.807, 2.05) is 22.9 Å². The molecule has 1 atom stereocenters. The molecular formula is C13H17N5O. The van der Waals surface area contributed by atoms with Gasteiger partial charge in [-0.2, -0.15) is 0 Å². The number of hydrogen-bond acceptors (Lipinski definition) is 5. The molecule has 0 radical (unpaired) electrons. The first kappa shape index (κ1) is 12.1. The van der Waals surface area contributed by atoms with Gasteiger partial charge in [0.1, 0.15) is 18.4 Å². The van der Waals surface area contributed by atoms with Crippen LogP contribution < -0.4 is 10.1 Å². The standard InChI is InChI=1S/C13H17N5O/c1-2-7-14-8-13-15-16-17-18(13)11-9-19-12-6-4-3-5-10(11)12/h3-6,11,14H,2,7-9H2,1H3. The Labute approximate surface area is 111 Å². The van der Waals surface area contributed by atoms with Crippen molar-refractivity contribution in [2.45, 2.75) is 25.9 Å². The smallest absolute Gasteiger partial charge is 0.165 e. The minimum atomic E-state index is 0.0737. The summed E-state index contributed by atoms with van der Waals surface area (Å²) in [5, 5.41) is 15.3. The molecule has 0 fully saturated rings. The first-order valence-electron chi connectivity index (χ1n) is 6.59. The predicted octanol–water partition coefficient (Wildman–Crippen LogP) is 1.15. The third-order valence-corrected chi connectivity index (χ3v) is 3.24. The largest absolute Gasteiger partial charge is 0.491 e. The molecule has 0 spiro atoms. The van der Waals surface area contributed by atoms with Crippen molar-refractivity contribution in [3.05, 3.63) is 35.7 Å². The number of para-hydroxylation sites is 1. The average Bonchev–Trinajstić information content (AvgIpc) is 3.04. The lowest BCUT2D eigenvalue weighted by atomic mass is 10.1. The summed E-state index contributed by atoms with van der Waals surface area (Å²) in [7, 11) is 0. The van der Waals surface area contributed by atoms with E-state index in [4.69, 9.17) is 4.74 Å². The maximum absolute atomic E-state index is 5.68. The van der Waals surface area contributed by atoms with E-state index < -0.39 is 0 Å². The molecule has 2 aromatic rings. The van der Waals surface area contributed by atoms with E-state index in [1.165, 1.54) is 0 Å². The van der Waals surface area contributed by atoms with Crippen LogP contribution in [0.4, 0.5) is 0 Å². The van der Waals surface area contributed by atoms with Gasteiger partial charge in [0.25, 0.3) is 0 Å². The minimum Gasteiger partial charge on any atom is -0.491 e. The highest BCUT2D eigenvalue weighted by molar-refractivity contribution is 5.39. The third kappa shape index (κ3) is 2.31. The molecule has 19 heavy (non-hydrogen) atoms. The third-order valence-electron chi connectivity index (χ3n) is 3.24. The zero-order valence-corrected chi connectivity index (χ0v) is 10.9. The highest BCUT2D eigenvalue weighted by Crippen LogP contribution is 2.34. The number of nitrogens with one attached hydrogen (secondary N) is 1. The lowest BCUT2D eigenvalue weighted by Gasteiger charge is -2.11. The molecule has 1 aromatic heterocycles. The lowest BCUT2D eigenvalue weighted by molar-refractivity contribution is 0.302. The van der Waals surface area contributed by atoms with Gasteiger partial charge in [-0.3, -0.25) is 0 Å². The van der Waals surface area contributed by atoms with Gasteiger partial charge in [0, 0.05) is 5.56 Å². The Balaban J connectivity index is 1.82. The van der Waals surface area contributed by atoms with Gasteiger partial charge in [-0.25, -0.2) is 4.68 Å². The summed E-state index contributed by atoms with van der Waals surface area (Å²) in [5.41, 5.74) is 1.14. The van der Waals surface area contributed by atoms with Crippen LogP contribution in [0.25, 0.3) is 0 Å². The van der Waals surface area contributed by atoms with E-state index in [2.05, 4.69) is 33.8 Å². The molecule has 1 N–H and O–H groups in total. The second-order valence-electron chi connectivity index (χ2n) is 4.58. The number of rotatable bonds is 5. The van der Waals surface area contributed by atoms with Crippen LogP contribution in [0.3, 0.4) is 0 Å². The summed E-state index contributed by atoms with van der Waals surface area (Å²) >= 11 is 0. The zero-order valence-electron chi connectivity index (χ0n) is 10.9. The van der Waals surface area contributed by atoms with Crippen molar-refractivity contribution in [2.24, 2.45) is 0 Å². The average molecular weight is 259 g/mol. The zero-order chi connectivity index (χ0) is 13.1. The van der Waals surface area contributed by atoms with Crippen molar-refractivity contribution >= 4 is 0 Å². The molecule has 100 valence electrons. The van der Waals surface area contributed by atoms with Crippen molar-refractivity contribution < 1.29 is 4.74 Å². The minimum absolute atomic E-state index is 0.0737. The van der Waals surface area contributed by atoms with Crippen LogP contribution in [0.15, 0.2) is 24.3 Å². The molecule has 0 bridgehead atoms. The van der Waals surface area contributed by atoms with Crippen LogP contribution in [0.2, 0.25) is 0 Å². The molecule has 6 nitrogen and oxygen atoms in total. The second-order valence-corrected chi connectivity index (χ2v) is 4.58. The van der Waals surface area contributed by atoms with E-state index in [0.717, 1.165) is 30.1 Å². The molecule has 0 saturated heterocycles. The second kappa shape index (κ2) is 5.36. The summed E-state index contributed by atoms with van der Waals surface area (Å²) in [6.45, 7) is 4.37. The Bertz CT molecular complexity index is 553. The maximum atomic E-state index is 5.68. The normalized spacial score (nSPS) is 17.2. The topological polar surface area (TPSA) is 64.9 Å². The Morgan fingerprint density at radius 1 is 1.42 bits per heavy atom. The van der Waals surface area contributed by atoms with E-state index >= 15 is 0 Å². The fourth-order valence-electron chi connectivity index (χ4n) is 2.30. The van der Waals surface area contributed by atoms with Crippen LogP contribution in [0.5, 0.6) is 5.75 Å². The molecule has 1 aliphatic rings. The number of ether oxygens (including phenoxy) is 1. The molecule has 1 aliphatic heterocycles.